The van der Waals surface area contributed by atoms with Crippen LogP contribution in [0.3, 0.4) is 0 Å². The summed E-state index contributed by atoms with van der Waals surface area (Å²) in [6.45, 7) is 6.20. The number of aryl methyl sites for hydroxylation is 1. The number of halogens is 3. The van der Waals surface area contributed by atoms with Gasteiger partial charge in [0, 0.05) is 18.3 Å². The molecular weight excluding hydrogens is 463 g/mol. The fraction of sp³-hybridized carbons (Fsp3) is 0.391. The second-order valence-corrected chi connectivity index (χ2v) is 8.54. The highest BCUT2D eigenvalue weighted by Crippen LogP contribution is 2.35. The summed E-state index contributed by atoms with van der Waals surface area (Å²) in [7, 11) is 0. The molecule has 1 aromatic carbocycles. The average molecular weight is 490 g/mol. The maximum Gasteiger partial charge on any atom is 0.416 e. The molecule has 4 rings (SSSR count). The van der Waals surface area contributed by atoms with Gasteiger partial charge in [-0.3, -0.25) is 5.10 Å². The number of carbonyl (C=O) groups is 1. The number of carbonyl (C=O) groups excluding carboxylic acids is 1. The van der Waals surface area contributed by atoms with E-state index in [0.29, 0.717) is 24.5 Å². The quantitative estimate of drug-likeness (QED) is 0.458. The largest absolute Gasteiger partial charge is 0.416 e. The molecule has 0 radical (unpaired) electrons. The molecule has 0 aliphatic carbocycles. The summed E-state index contributed by atoms with van der Waals surface area (Å²) < 4.78 is 47.2. The highest BCUT2D eigenvalue weighted by Gasteiger charge is 2.35. The maximum atomic E-state index is 13.9. The molecule has 0 saturated carbocycles. The minimum absolute atomic E-state index is 0.0356. The van der Waals surface area contributed by atoms with E-state index < -0.39 is 17.8 Å². The summed E-state index contributed by atoms with van der Waals surface area (Å²) >= 11 is 0. The van der Waals surface area contributed by atoms with Crippen molar-refractivity contribution in [3.05, 3.63) is 53.5 Å². The number of ether oxygens (including phenoxy) is 1. The van der Waals surface area contributed by atoms with E-state index >= 15 is 0 Å². The molecule has 2 amide bonds. The van der Waals surface area contributed by atoms with E-state index in [0.717, 1.165) is 11.8 Å². The Balaban J connectivity index is 1.47. The van der Waals surface area contributed by atoms with E-state index in [4.69, 9.17) is 4.74 Å². The number of hydrogen-bond donors (Lipinski definition) is 3. The standard InChI is InChI=1S/C23H26F3N7O2/c1-13(2)35-17-11-33(12-17)22(34)28-9-16-5-4-15(8-18(16)23(24,25)26)19-6-7-27-21(30-19)31-20-10-29-32-14(20)3/h4-8,10,13,17H,9,11-12H2,1-3H3,(H,28,34)(H,29,32)(H,27,30,31). The van der Waals surface area contributed by atoms with Crippen LogP contribution in [0, 0.1) is 6.92 Å². The molecule has 9 nitrogen and oxygen atoms in total. The molecule has 0 spiro atoms. The van der Waals surface area contributed by atoms with Crippen LogP contribution in [0.2, 0.25) is 0 Å². The highest BCUT2D eigenvalue weighted by atomic mass is 19.4. The SMILES string of the molecule is Cc1[nH]ncc1Nc1nccc(-c2ccc(CNC(=O)N3CC(OC(C)C)C3)c(C(F)(F)F)c2)n1. The Bertz CT molecular complexity index is 1190. The van der Waals surface area contributed by atoms with E-state index in [1.807, 2.05) is 20.8 Å². The summed E-state index contributed by atoms with van der Waals surface area (Å²) in [5, 5.41) is 12.2. The summed E-state index contributed by atoms with van der Waals surface area (Å²) in [5.41, 5.74) is 1.16. The lowest BCUT2D eigenvalue weighted by molar-refractivity contribution is -0.138. The Morgan fingerprint density at radius 2 is 2.06 bits per heavy atom. The molecule has 3 heterocycles. The lowest BCUT2D eigenvalue weighted by Gasteiger charge is -2.39. The molecule has 1 saturated heterocycles. The van der Waals surface area contributed by atoms with Crippen LogP contribution >= 0.6 is 0 Å². The molecule has 3 N–H and O–H groups in total. The van der Waals surface area contributed by atoms with Crippen molar-refractivity contribution < 1.29 is 22.7 Å². The number of rotatable bonds is 7. The Morgan fingerprint density at radius 3 is 2.71 bits per heavy atom. The average Bonchev–Trinajstić information content (AvgIpc) is 3.18. The van der Waals surface area contributed by atoms with Crippen LogP contribution < -0.4 is 10.6 Å². The number of nitrogens with zero attached hydrogens (tertiary/aromatic N) is 4. The van der Waals surface area contributed by atoms with Crippen molar-refractivity contribution in [3.8, 4) is 11.3 Å². The Morgan fingerprint density at radius 1 is 1.29 bits per heavy atom. The van der Waals surface area contributed by atoms with Gasteiger partial charge in [0.25, 0.3) is 0 Å². The number of hydrogen-bond acceptors (Lipinski definition) is 6. The molecule has 3 aromatic rings. The molecule has 0 unspecified atom stereocenters. The monoisotopic (exact) mass is 489 g/mol. The van der Waals surface area contributed by atoms with Crippen molar-refractivity contribution in [2.45, 2.75) is 45.7 Å². The van der Waals surface area contributed by atoms with Crippen LogP contribution in [0.5, 0.6) is 0 Å². The van der Waals surface area contributed by atoms with Gasteiger partial charge in [0.2, 0.25) is 5.95 Å². The van der Waals surface area contributed by atoms with Gasteiger partial charge >= 0.3 is 12.2 Å². The van der Waals surface area contributed by atoms with Crippen molar-refractivity contribution in [1.29, 1.82) is 0 Å². The number of alkyl halides is 3. The number of amides is 2. The molecular formula is C23H26F3N7O2. The van der Waals surface area contributed by atoms with E-state index in [1.165, 1.54) is 23.2 Å². The number of H-pyrrole nitrogens is 1. The maximum absolute atomic E-state index is 13.9. The van der Waals surface area contributed by atoms with Crippen molar-refractivity contribution in [1.82, 2.24) is 30.4 Å². The minimum atomic E-state index is -4.61. The Labute approximate surface area is 200 Å². The third-order valence-corrected chi connectivity index (χ3v) is 5.47. The van der Waals surface area contributed by atoms with Gasteiger partial charge in [0.1, 0.15) is 0 Å². The van der Waals surface area contributed by atoms with Crippen LogP contribution in [-0.4, -0.2) is 56.4 Å². The third-order valence-electron chi connectivity index (χ3n) is 5.47. The fourth-order valence-electron chi connectivity index (χ4n) is 3.69. The number of anilines is 2. The smallest absolute Gasteiger partial charge is 0.372 e. The second-order valence-electron chi connectivity index (χ2n) is 8.54. The van der Waals surface area contributed by atoms with Gasteiger partial charge in [-0.1, -0.05) is 12.1 Å². The lowest BCUT2D eigenvalue weighted by Crippen LogP contribution is -2.58. The number of benzene rings is 1. The summed E-state index contributed by atoms with van der Waals surface area (Å²) in [6, 6.07) is 5.04. The van der Waals surface area contributed by atoms with Gasteiger partial charge in [-0.15, -0.1) is 0 Å². The first kappa shape index (κ1) is 24.5. The van der Waals surface area contributed by atoms with Crippen LogP contribution in [-0.2, 0) is 17.5 Å². The van der Waals surface area contributed by atoms with Crippen molar-refractivity contribution in [3.63, 3.8) is 0 Å². The number of aromatic amines is 1. The number of aromatic nitrogens is 4. The summed E-state index contributed by atoms with van der Waals surface area (Å²) in [4.78, 5) is 22.3. The molecule has 186 valence electrons. The number of nitrogens with one attached hydrogen (secondary N) is 3. The van der Waals surface area contributed by atoms with E-state index in [9.17, 15) is 18.0 Å². The molecule has 0 atom stereocenters. The summed E-state index contributed by atoms with van der Waals surface area (Å²) in [6.07, 6.45) is -1.57. The Kier molecular flexibility index (Phi) is 6.92. The molecule has 35 heavy (non-hydrogen) atoms. The number of urea groups is 1. The Hall–Kier alpha value is -3.67. The van der Waals surface area contributed by atoms with Gasteiger partial charge in [-0.25, -0.2) is 14.8 Å². The lowest BCUT2D eigenvalue weighted by atomic mass is 10.0. The molecule has 1 fully saturated rings. The van der Waals surface area contributed by atoms with Crippen LogP contribution in [0.1, 0.15) is 30.7 Å². The first-order valence-corrected chi connectivity index (χ1v) is 11.1. The van der Waals surface area contributed by atoms with Gasteiger partial charge in [0.15, 0.2) is 0 Å². The minimum Gasteiger partial charge on any atom is -0.372 e. The van der Waals surface area contributed by atoms with Crippen molar-refractivity contribution >= 4 is 17.7 Å². The molecule has 1 aliphatic rings. The van der Waals surface area contributed by atoms with E-state index in [-0.39, 0.29) is 35.8 Å². The normalized spacial score (nSPS) is 14.2. The predicted molar refractivity (Wildman–Crippen MR) is 123 cm³/mol. The molecule has 1 aliphatic heterocycles. The highest BCUT2D eigenvalue weighted by molar-refractivity contribution is 5.75. The first-order valence-electron chi connectivity index (χ1n) is 11.1. The summed E-state index contributed by atoms with van der Waals surface area (Å²) in [5.74, 6) is 0.228. The van der Waals surface area contributed by atoms with Gasteiger partial charge < -0.3 is 20.3 Å². The van der Waals surface area contributed by atoms with E-state index in [2.05, 4.69) is 30.8 Å². The van der Waals surface area contributed by atoms with Crippen LogP contribution in [0.4, 0.5) is 29.6 Å². The second kappa shape index (κ2) is 9.90. The fourth-order valence-corrected chi connectivity index (χ4v) is 3.69. The van der Waals surface area contributed by atoms with Crippen LogP contribution in [0.25, 0.3) is 11.3 Å². The molecule has 0 bridgehead atoms. The van der Waals surface area contributed by atoms with Gasteiger partial charge in [-0.2, -0.15) is 18.3 Å². The van der Waals surface area contributed by atoms with Crippen LogP contribution in [0.15, 0.2) is 36.7 Å². The van der Waals surface area contributed by atoms with Crippen molar-refractivity contribution in [2.24, 2.45) is 0 Å². The number of likely N-dealkylation sites (tertiary alicyclic amines) is 1. The zero-order valence-corrected chi connectivity index (χ0v) is 19.5. The zero-order chi connectivity index (χ0) is 25.2. The molecule has 12 heteroatoms. The zero-order valence-electron chi connectivity index (χ0n) is 19.5. The van der Waals surface area contributed by atoms with Crippen molar-refractivity contribution in [2.75, 3.05) is 18.4 Å². The topological polar surface area (TPSA) is 108 Å². The first-order chi connectivity index (χ1) is 16.6. The third kappa shape index (κ3) is 5.88. The van der Waals surface area contributed by atoms with Gasteiger partial charge in [0.05, 0.1) is 54.1 Å². The molecule has 2 aromatic heterocycles. The predicted octanol–water partition coefficient (Wildman–Crippen LogP) is 4.26. The van der Waals surface area contributed by atoms with Gasteiger partial charge in [-0.05, 0) is 38.5 Å². The van der Waals surface area contributed by atoms with E-state index in [1.54, 1.807) is 12.3 Å².